The molecule has 0 radical (unpaired) electrons. The SMILES string of the molecule is CC(C)c1[nH]nc(C(=O)NC2CCC2)c1S(=O)(=O)Cl. The van der Waals surface area contributed by atoms with Gasteiger partial charge in [-0.15, -0.1) is 0 Å². The van der Waals surface area contributed by atoms with Gasteiger partial charge in [-0.1, -0.05) is 13.8 Å². The van der Waals surface area contributed by atoms with Crippen LogP contribution in [0.2, 0.25) is 0 Å². The molecule has 1 fully saturated rings. The Balaban J connectivity index is 2.37. The summed E-state index contributed by atoms with van der Waals surface area (Å²) in [4.78, 5) is 11.8. The summed E-state index contributed by atoms with van der Waals surface area (Å²) in [5.74, 6) is -0.617. The van der Waals surface area contributed by atoms with Crippen molar-refractivity contribution in [2.24, 2.45) is 0 Å². The van der Waals surface area contributed by atoms with E-state index in [0.29, 0.717) is 5.69 Å². The highest BCUT2D eigenvalue weighted by Crippen LogP contribution is 2.28. The molecule has 1 saturated carbocycles. The summed E-state index contributed by atoms with van der Waals surface area (Å²) >= 11 is 0. The lowest BCUT2D eigenvalue weighted by Crippen LogP contribution is -2.40. The van der Waals surface area contributed by atoms with Crippen molar-refractivity contribution in [3.8, 4) is 0 Å². The third-order valence-corrected chi connectivity index (χ3v) is 4.59. The number of aromatic amines is 1. The first-order chi connectivity index (χ1) is 8.80. The third kappa shape index (κ3) is 2.92. The number of halogens is 1. The lowest BCUT2D eigenvalue weighted by Gasteiger charge is -2.25. The molecule has 0 spiro atoms. The monoisotopic (exact) mass is 305 g/mol. The second-order valence-electron chi connectivity index (χ2n) is 5.01. The Kier molecular flexibility index (Phi) is 3.87. The summed E-state index contributed by atoms with van der Waals surface area (Å²) in [6, 6.07) is 0.109. The average molecular weight is 306 g/mol. The fraction of sp³-hybridized carbons (Fsp3) is 0.636. The number of hydrogen-bond acceptors (Lipinski definition) is 4. The van der Waals surface area contributed by atoms with Gasteiger partial charge >= 0.3 is 0 Å². The van der Waals surface area contributed by atoms with Crippen molar-refractivity contribution in [2.45, 2.75) is 50.0 Å². The molecular weight excluding hydrogens is 290 g/mol. The second kappa shape index (κ2) is 5.13. The van der Waals surface area contributed by atoms with Crippen molar-refractivity contribution in [1.82, 2.24) is 15.5 Å². The van der Waals surface area contributed by atoms with Gasteiger partial charge in [-0.2, -0.15) is 5.10 Å². The molecule has 1 aliphatic rings. The molecule has 1 heterocycles. The number of hydrogen-bond donors (Lipinski definition) is 2. The first-order valence-electron chi connectivity index (χ1n) is 6.14. The standard InChI is InChI=1S/C11H16ClN3O3S/c1-6(2)8-10(19(12,17)18)9(15-14-8)11(16)13-7-4-3-5-7/h6-7H,3-5H2,1-2H3,(H,13,16)(H,14,15). The van der Waals surface area contributed by atoms with Crippen LogP contribution in [0.1, 0.15) is 55.2 Å². The van der Waals surface area contributed by atoms with Crippen LogP contribution in [0.5, 0.6) is 0 Å². The molecule has 0 atom stereocenters. The van der Waals surface area contributed by atoms with Crippen LogP contribution in [0, 0.1) is 0 Å². The summed E-state index contributed by atoms with van der Waals surface area (Å²) in [5, 5.41) is 9.16. The van der Waals surface area contributed by atoms with E-state index in [-0.39, 0.29) is 22.5 Å². The summed E-state index contributed by atoms with van der Waals surface area (Å²) < 4.78 is 23.3. The minimum atomic E-state index is -4.02. The van der Waals surface area contributed by atoms with E-state index in [0.717, 1.165) is 19.3 Å². The van der Waals surface area contributed by atoms with Crippen LogP contribution in [0.4, 0.5) is 0 Å². The van der Waals surface area contributed by atoms with E-state index in [9.17, 15) is 13.2 Å². The smallest absolute Gasteiger partial charge is 0.273 e. The molecule has 0 bridgehead atoms. The van der Waals surface area contributed by atoms with Crippen molar-refractivity contribution < 1.29 is 13.2 Å². The van der Waals surface area contributed by atoms with E-state index in [1.54, 1.807) is 13.8 Å². The van der Waals surface area contributed by atoms with E-state index in [4.69, 9.17) is 10.7 Å². The van der Waals surface area contributed by atoms with Crippen molar-refractivity contribution in [1.29, 1.82) is 0 Å². The van der Waals surface area contributed by atoms with Gasteiger partial charge in [-0.3, -0.25) is 9.89 Å². The Morgan fingerprint density at radius 1 is 1.47 bits per heavy atom. The van der Waals surface area contributed by atoms with Gasteiger partial charge in [0.05, 0.1) is 5.69 Å². The van der Waals surface area contributed by atoms with Crippen molar-refractivity contribution in [3.63, 3.8) is 0 Å². The predicted molar refractivity (Wildman–Crippen MR) is 70.8 cm³/mol. The molecule has 0 aromatic carbocycles. The van der Waals surface area contributed by atoms with E-state index in [1.165, 1.54) is 0 Å². The Morgan fingerprint density at radius 2 is 2.11 bits per heavy atom. The molecule has 2 N–H and O–H groups in total. The van der Waals surface area contributed by atoms with Gasteiger partial charge in [0.15, 0.2) is 5.69 Å². The van der Waals surface area contributed by atoms with Crippen molar-refractivity contribution in [3.05, 3.63) is 11.4 Å². The zero-order valence-electron chi connectivity index (χ0n) is 10.7. The van der Waals surface area contributed by atoms with E-state index >= 15 is 0 Å². The van der Waals surface area contributed by atoms with E-state index < -0.39 is 15.0 Å². The molecule has 0 aliphatic heterocycles. The molecule has 0 unspecified atom stereocenters. The molecular formula is C11H16ClN3O3S. The predicted octanol–water partition coefficient (Wildman–Crippen LogP) is 1.74. The number of nitrogens with zero attached hydrogens (tertiary/aromatic N) is 1. The normalized spacial score (nSPS) is 16.4. The average Bonchev–Trinajstić information content (AvgIpc) is 2.67. The van der Waals surface area contributed by atoms with Crippen molar-refractivity contribution in [2.75, 3.05) is 0 Å². The Bertz CT molecular complexity index is 590. The maximum atomic E-state index is 12.0. The van der Waals surface area contributed by atoms with Crippen LogP contribution in [0.25, 0.3) is 0 Å². The van der Waals surface area contributed by atoms with Crippen LogP contribution in [-0.2, 0) is 9.05 Å². The highest BCUT2D eigenvalue weighted by Gasteiger charge is 2.31. The number of amides is 1. The fourth-order valence-corrected chi connectivity index (χ4v) is 3.33. The molecule has 1 aromatic heterocycles. The third-order valence-electron chi connectivity index (χ3n) is 3.22. The van der Waals surface area contributed by atoms with Crippen LogP contribution in [-0.4, -0.2) is 30.6 Å². The van der Waals surface area contributed by atoms with Crippen LogP contribution in [0.15, 0.2) is 4.90 Å². The minimum Gasteiger partial charge on any atom is -0.348 e. The Labute approximate surface area is 116 Å². The molecule has 1 aliphatic carbocycles. The van der Waals surface area contributed by atoms with Gasteiger partial charge in [0.25, 0.3) is 15.0 Å². The number of nitrogens with one attached hydrogen (secondary N) is 2. The van der Waals surface area contributed by atoms with E-state index in [1.807, 2.05) is 0 Å². The number of aromatic nitrogens is 2. The molecule has 0 saturated heterocycles. The van der Waals surface area contributed by atoms with Crippen LogP contribution < -0.4 is 5.32 Å². The molecule has 2 rings (SSSR count). The van der Waals surface area contributed by atoms with Crippen molar-refractivity contribution >= 4 is 25.6 Å². The molecule has 1 amide bonds. The largest absolute Gasteiger partial charge is 0.348 e. The quantitative estimate of drug-likeness (QED) is 0.829. The molecule has 106 valence electrons. The number of H-pyrrole nitrogens is 1. The zero-order chi connectivity index (χ0) is 14.2. The fourth-order valence-electron chi connectivity index (χ4n) is 1.94. The topological polar surface area (TPSA) is 91.9 Å². The first kappa shape index (κ1) is 14.3. The van der Waals surface area contributed by atoms with E-state index in [2.05, 4.69) is 15.5 Å². The lowest BCUT2D eigenvalue weighted by molar-refractivity contribution is 0.0908. The van der Waals surface area contributed by atoms with Gasteiger partial charge in [-0.25, -0.2) is 8.42 Å². The van der Waals surface area contributed by atoms with Gasteiger partial charge < -0.3 is 5.32 Å². The summed E-state index contributed by atoms with van der Waals surface area (Å²) in [6.07, 6.45) is 2.90. The lowest BCUT2D eigenvalue weighted by atomic mass is 9.93. The van der Waals surface area contributed by atoms with Crippen LogP contribution in [0.3, 0.4) is 0 Å². The Morgan fingerprint density at radius 3 is 2.53 bits per heavy atom. The Hall–Kier alpha value is -1.08. The summed E-state index contributed by atoms with van der Waals surface area (Å²) in [6.45, 7) is 3.60. The number of rotatable bonds is 4. The highest BCUT2D eigenvalue weighted by molar-refractivity contribution is 8.13. The first-order valence-corrected chi connectivity index (χ1v) is 8.45. The maximum Gasteiger partial charge on any atom is 0.273 e. The van der Waals surface area contributed by atoms with Gasteiger partial charge in [0, 0.05) is 16.7 Å². The molecule has 8 heteroatoms. The summed E-state index contributed by atoms with van der Waals surface area (Å²) in [7, 11) is 1.40. The molecule has 6 nitrogen and oxygen atoms in total. The molecule has 1 aromatic rings. The van der Waals surface area contributed by atoms with Gasteiger partial charge in [-0.05, 0) is 25.2 Å². The summed E-state index contributed by atoms with van der Waals surface area (Å²) in [5.41, 5.74) is 0.208. The highest BCUT2D eigenvalue weighted by atomic mass is 35.7. The van der Waals surface area contributed by atoms with Crippen LogP contribution >= 0.6 is 10.7 Å². The second-order valence-corrected chi connectivity index (χ2v) is 7.51. The number of carbonyl (C=O) groups excluding carboxylic acids is 1. The maximum absolute atomic E-state index is 12.0. The number of carbonyl (C=O) groups is 1. The minimum absolute atomic E-state index is 0.109. The zero-order valence-corrected chi connectivity index (χ0v) is 12.3. The molecule has 19 heavy (non-hydrogen) atoms. The van der Waals surface area contributed by atoms with Gasteiger partial charge in [0.2, 0.25) is 0 Å². The van der Waals surface area contributed by atoms with Gasteiger partial charge in [0.1, 0.15) is 4.90 Å².